The highest BCUT2D eigenvalue weighted by Crippen LogP contribution is 2.29. The molecule has 3 aromatic rings. The number of carbonyl (C=O) groups excluding carboxylic acids is 1. The van der Waals surface area contributed by atoms with Crippen molar-refractivity contribution in [1.82, 2.24) is 19.7 Å². The Kier molecular flexibility index (Phi) is 4.74. The van der Waals surface area contributed by atoms with Crippen LogP contribution in [0.3, 0.4) is 0 Å². The van der Waals surface area contributed by atoms with Crippen molar-refractivity contribution in [3.8, 4) is 17.3 Å². The Morgan fingerprint density at radius 1 is 1.12 bits per heavy atom. The molecule has 25 heavy (non-hydrogen) atoms. The number of hydrogen-bond donors (Lipinski definition) is 2. The molecule has 0 bridgehead atoms. The van der Waals surface area contributed by atoms with E-state index in [0.717, 1.165) is 0 Å². The molecule has 0 atom stereocenters. The summed E-state index contributed by atoms with van der Waals surface area (Å²) in [5.41, 5.74) is 0.991. The first-order valence-corrected chi connectivity index (χ1v) is 7.31. The van der Waals surface area contributed by atoms with E-state index in [1.165, 1.54) is 24.4 Å². The Hall–Kier alpha value is -3.62. The van der Waals surface area contributed by atoms with E-state index in [1.54, 1.807) is 43.6 Å². The van der Waals surface area contributed by atoms with Gasteiger partial charge in [-0.3, -0.25) is 0 Å². The number of benzene rings is 1. The van der Waals surface area contributed by atoms with Gasteiger partial charge in [-0.2, -0.15) is 5.10 Å². The molecule has 1 aromatic carbocycles. The normalized spacial score (nSPS) is 10.2. The Bertz CT molecular complexity index is 866. The van der Waals surface area contributed by atoms with Crippen LogP contribution < -0.4 is 20.1 Å². The van der Waals surface area contributed by atoms with Crippen molar-refractivity contribution in [2.75, 3.05) is 24.9 Å². The number of aromatic nitrogens is 4. The van der Waals surface area contributed by atoms with Gasteiger partial charge in [-0.05, 0) is 24.3 Å². The first-order valence-electron chi connectivity index (χ1n) is 7.31. The maximum Gasteiger partial charge on any atom is 0.323 e. The van der Waals surface area contributed by atoms with Crippen LogP contribution in [0.15, 0.2) is 49.2 Å². The molecule has 9 nitrogen and oxygen atoms in total. The number of urea groups is 1. The minimum Gasteiger partial charge on any atom is -0.497 e. The molecule has 2 amide bonds. The van der Waals surface area contributed by atoms with E-state index in [9.17, 15) is 4.79 Å². The fourth-order valence-corrected chi connectivity index (χ4v) is 2.17. The molecular formula is C16H16N6O3. The van der Waals surface area contributed by atoms with Crippen LogP contribution in [0, 0.1) is 0 Å². The summed E-state index contributed by atoms with van der Waals surface area (Å²) < 4.78 is 11.9. The van der Waals surface area contributed by atoms with E-state index < -0.39 is 6.03 Å². The van der Waals surface area contributed by atoms with Crippen molar-refractivity contribution in [3.05, 3.63) is 49.2 Å². The summed E-state index contributed by atoms with van der Waals surface area (Å²) in [6.07, 6.45) is 4.49. The largest absolute Gasteiger partial charge is 0.497 e. The summed E-state index contributed by atoms with van der Waals surface area (Å²) in [4.78, 5) is 20.4. The Morgan fingerprint density at radius 2 is 1.96 bits per heavy atom. The lowest BCUT2D eigenvalue weighted by atomic mass is 10.2. The molecule has 9 heteroatoms. The molecule has 0 fully saturated rings. The molecule has 2 N–H and O–H groups in total. The molecule has 0 aliphatic rings. The summed E-state index contributed by atoms with van der Waals surface area (Å²) in [6.45, 7) is 0. The quantitative estimate of drug-likeness (QED) is 0.739. The van der Waals surface area contributed by atoms with E-state index in [1.807, 2.05) is 0 Å². The van der Waals surface area contributed by atoms with Gasteiger partial charge in [-0.1, -0.05) is 0 Å². The summed E-state index contributed by atoms with van der Waals surface area (Å²) >= 11 is 0. The molecule has 0 saturated heterocycles. The maximum atomic E-state index is 12.3. The smallest absolute Gasteiger partial charge is 0.323 e. The lowest BCUT2D eigenvalue weighted by Gasteiger charge is -2.13. The highest BCUT2D eigenvalue weighted by Gasteiger charge is 2.12. The van der Waals surface area contributed by atoms with E-state index in [-0.39, 0.29) is 0 Å². The molecular weight excluding hydrogens is 324 g/mol. The number of rotatable bonds is 5. The predicted octanol–water partition coefficient (Wildman–Crippen LogP) is 2.32. The lowest BCUT2D eigenvalue weighted by molar-refractivity contribution is 0.262. The second-order valence-electron chi connectivity index (χ2n) is 4.86. The van der Waals surface area contributed by atoms with Gasteiger partial charge in [-0.25, -0.2) is 19.4 Å². The van der Waals surface area contributed by atoms with Crippen molar-refractivity contribution in [2.24, 2.45) is 0 Å². The Labute approximate surface area is 143 Å². The zero-order valence-electron chi connectivity index (χ0n) is 13.6. The second kappa shape index (κ2) is 7.30. The molecule has 128 valence electrons. The summed E-state index contributed by atoms with van der Waals surface area (Å²) in [7, 11) is 3.07. The third kappa shape index (κ3) is 3.66. The number of nitrogens with one attached hydrogen (secondary N) is 2. The number of hydrogen-bond acceptors (Lipinski definition) is 6. The van der Waals surface area contributed by atoms with Gasteiger partial charge in [0.25, 0.3) is 0 Å². The molecule has 2 heterocycles. The monoisotopic (exact) mass is 340 g/mol. The highest BCUT2D eigenvalue weighted by molar-refractivity contribution is 6.01. The topological polar surface area (TPSA) is 103 Å². The van der Waals surface area contributed by atoms with Crippen LogP contribution in [-0.2, 0) is 0 Å². The van der Waals surface area contributed by atoms with Crippen LogP contribution in [0.4, 0.5) is 16.2 Å². The first kappa shape index (κ1) is 16.2. The molecule has 0 spiro atoms. The third-order valence-electron chi connectivity index (χ3n) is 3.33. The molecule has 2 aromatic heterocycles. The van der Waals surface area contributed by atoms with Crippen LogP contribution >= 0.6 is 0 Å². The maximum absolute atomic E-state index is 12.3. The van der Waals surface area contributed by atoms with Gasteiger partial charge in [0.1, 0.15) is 24.2 Å². The molecule has 0 unspecified atom stereocenters. The highest BCUT2D eigenvalue weighted by atomic mass is 16.5. The minimum absolute atomic E-state index is 0.446. The standard InChI is InChI=1S/C16H16N6O3/c1-24-11-5-6-12(14(8-11)25-2)20-16(23)21-13-4-3-7-18-15(13)22-10-17-9-19-22/h3-10H,1-2H3,(H2,20,21,23). The second-order valence-corrected chi connectivity index (χ2v) is 4.86. The fourth-order valence-electron chi connectivity index (χ4n) is 2.17. The first-order chi connectivity index (χ1) is 12.2. The fraction of sp³-hybridized carbons (Fsp3) is 0.125. The Balaban J connectivity index is 1.78. The number of methoxy groups -OCH3 is 2. The molecule has 0 saturated carbocycles. The average molecular weight is 340 g/mol. The zero-order chi connectivity index (χ0) is 17.6. The van der Waals surface area contributed by atoms with Crippen molar-refractivity contribution in [1.29, 1.82) is 0 Å². The number of anilines is 2. The van der Waals surface area contributed by atoms with Crippen molar-refractivity contribution in [3.63, 3.8) is 0 Å². The lowest BCUT2D eigenvalue weighted by Crippen LogP contribution is -2.21. The van der Waals surface area contributed by atoms with Crippen LogP contribution in [0.1, 0.15) is 0 Å². The van der Waals surface area contributed by atoms with Gasteiger partial charge in [-0.15, -0.1) is 0 Å². The van der Waals surface area contributed by atoms with E-state index in [2.05, 4.69) is 25.7 Å². The van der Waals surface area contributed by atoms with Gasteiger partial charge in [0.15, 0.2) is 5.82 Å². The van der Waals surface area contributed by atoms with Crippen molar-refractivity contribution >= 4 is 17.4 Å². The number of amides is 2. The van der Waals surface area contributed by atoms with Gasteiger partial charge < -0.3 is 20.1 Å². The van der Waals surface area contributed by atoms with Gasteiger partial charge in [0.05, 0.1) is 25.6 Å². The van der Waals surface area contributed by atoms with Crippen molar-refractivity contribution < 1.29 is 14.3 Å². The summed E-state index contributed by atoms with van der Waals surface area (Å²) in [5, 5.41) is 9.49. The summed E-state index contributed by atoms with van der Waals surface area (Å²) in [5.74, 6) is 1.57. The van der Waals surface area contributed by atoms with Gasteiger partial charge in [0.2, 0.25) is 0 Å². The Morgan fingerprint density at radius 3 is 2.68 bits per heavy atom. The predicted molar refractivity (Wildman–Crippen MR) is 91.3 cm³/mol. The van der Waals surface area contributed by atoms with E-state index >= 15 is 0 Å². The summed E-state index contributed by atoms with van der Waals surface area (Å²) in [6, 6.07) is 8.08. The SMILES string of the molecule is COc1ccc(NC(=O)Nc2cccnc2-n2cncn2)c(OC)c1. The van der Waals surface area contributed by atoms with Crippen LogP contribution in [0.2, 0.25) is 0 Å². The van der Waals surface area contributed by atoms with Gasteiger partial charge >= 0.3 is 6.03 Å². The average Bonchev–Trinajstić information content (AvgIpc) is 3.17. The number of pyridine rings is 1. The molecule has 0 radical (unpaired) electrons. The van der Waals surface area contributed by atoms with Crippen LogP contribution in [-0.4, -0.2) is 40.0 Å². The molecule has 3 rings (SSSR count). The van der Waals surface area contributed by atoms with Gasteiger partial charge in [0, 0.05) is 12.3 Å². The number of ether oxygens (including phenoxy) is 2. The zero-order valence-corrected chi connectivity index (χ0v) is 13.6. The minimum atomic E-state index is -0.446. The number of carbonyl (C=O) groups is 1. The molecule has 0 aliphatic carbocycles. The van der Waals surface area contributed by atoms with E-state index in [0.29, 0.717) is 28.7 Å². The van der Waals surface area contributed by atoms with Crippen molar-refractivity contribution in [2.45, 2.75) is 0 Å². The van der Waals surface area contributed by atoms with Crippen LogP contribution in [0.25, 0.3) is 5.82 Å². The van der Waals surface area contributed by atoms with E-state index in [4.69, 9.17) is 9.47 Å². The number of nitrogens with zero attached hydrogens (tertiary/aromatic N) is 4. The molecule has 0 aliphatic heterocycles. The van der Waals surface area contributed by atoms with Crippen LogP contribution in [0.5, 0.6) is 11.5 Å². The third-order valence-corrected chi connectivity index (χ3v) is 3.33.